The lowest BCUT2D eigenvalue weighted by Gasteiger charge is -2.22. The average Bonchev–Trinajstić information content (AvgIpc) is 2.12. The molecule has 0 aromatic rings. The maximum atomic E-state index is 9.59. The minimum absolute atomic E-state index is 0.0295. The molecular weight excluding hydrogens is 206 g/mol. The van der Waals surface area contributed by atoms with Crippen LogP contribution in [0.15, 0.2) is 0 Å². The van der Waals surface area contributed by atoms with Crippen LogP contribution in [0.4, 0.5) is 0 Å². The summed E-state index contributed by atoms with van der Waals surface area (Å²) >= 11 is 0. The smallest absolute Gasteiger partial charge is 0.0897 e. The molecular formula is C12H27NO3. The van der Waals surface area contributed by atoms with Crippen LogP contribution in [0.2, 0.25) is 0 Å². The molecule has 0 fully saturated rings. The molecule has 0 amide bonds. The van der Waals surface area contributed by atoms with E-state index in [1.54, 1.807) is 0 Å². The third-order valence-electron chi connectivity index (χ3n) is 1.86. The van der Waals surface area contributed by atoms with Crippen LogP contribution < -0.4 is 5.32 Å². The highest BCUT2D eigenvalue weighted by Crippen LogP contribution is 1.98. The predicted octanol–water partition coefficient (Wildman–Crippen LogP) is 1.18. The van der Waals surface area contributed by atoms with E-state index in [2.05, 4.69) is 26.1 Å². The third-order valence-corrected chi connectivity index (χ3v) is 1.86. The van der Waals surface area contributed by atoms with Crippen LogP contribution in [0.1, 0.15) is 34.6 Å². The number of aliphatic hydroxyl groups excluding tert-OH is 1. The SMILES string of the molecule is CC(C)OCCOCC(O)CNC(C)(C)C. The van der Waals surface area contributed by atoms with Crippen LogP contribution in [-0.2, 0) is 9.47 Å². The Kier molecular flexibility index (Phi) is 7.93. The van der Waals surface area contributed by atoms with Crippen molar-refractivity contribution in [1.82, 2.24) is 5.32 Å². The standard InChI is InChI=1S/C12H27NO3/c1-10(2)16-7-6-15-9-11(14)8-13-12(3,4)5/h10-11,13-14H,6-9H2,1-5H3. The van der Waals surface area contributed by atoms with Crippen LogP contribution in [-0.4, -0.2) is 49.2 Å². The van der Waals surface area contributed by atoms with Crippen LogP contribution in [0, 0.1) is 0 Å². The Morgan fingerprint density at radius 3 is 2.31 bits per heavy atom. The molecule has 0 aliphatic heterocycles. The zero-order valence-corrected chi connectivity index (χ0v) is 11.2. The number of ether oxygens (including phenoxy) is 2. The first kappa shape index (κ1) is 15.8. The van der Waals surface area contributed by atoms with Crippen molar-refractivity contribution in [3.05, 3.63) is 0 Å². The van der Waals surface area contributed by atoms with Gasteiger partial charge in [0, 0.05) is 12.1 Å². The number of hydrogen-bond acceptors (Lipinski definition) is 4. The molecule has 16 heavy (non-hydrogen) atoms. The summed E-state index contributed by atoms with van der Waals surface area (Å²) in [5, 5.41) is 12.8. The number of aliphatic hydroxyl groups is 1. The fraction of sp³-hybridized carbons (Fsp3) is 1.00. The molecule has 1 unspecified atom stereocenters. The Bertz CT molecular complexity index is 166. The summed E-state index contributed by atoms with van der Waals surface area (Å²) < 4.78 is 10.6. The lowest BCUT2D eigenvalue weighted by molar-refractivity contribution is -0.0111. The molecule has 0 saturated carbocycles. The Morgan fingerprint density at radius 2 is 1.81 bits per heavy atom. The summed E-state index contributed by atoms with van der Waals surface area (Å²) in [7, 11) is 0. The van der Waals surface area contributed by atoms with E-state index >= 15 is 0 Å². The molecule has 0 aliphatic rings. The molecule has 1 atom stereocenters. The van der Waals surface area contributed by atoms with Gasteiger partial charge in [-0.25, -0.2) is 0 Å². The first-order valence-electron chi connectivity index (χ1n) is 5.93. The van der Waals surface area contributed by atoms with Gasteiger partial charge in [-0.05, 0) is 34.6 Å². The summed E-state index contributed by atoms with van der Waals surface area (Å²) in [5.74, 6) is 0. The number of β-amino-alcohol motifs (C(OH)–C–C–N with tert-alkyl or cyclic N) is 1. The second-order valence-electron chi connectivity index (χ2n) is 5.28. The predicted molar refractivity (Wildman–Crippen MR) is 65.7 cm³/mol. The minimum Gasteiger partial charge on any atom is -0.389 e. The van der Waals surface area contributed by atoms with Gasteiger partial charge < -0.3 is 19.9 Å². The third kappa shape index (κ3) is 11.9. The molecule has 0 saturated heterocycles. The Hall–Kier alpha value is -0.160. The van der Waals surface area contributed by atoms with E-state index in [9.17, 15) is 5.11 Å². The van der Waals surface area contributed by atoms with Crippen molar-refractivity contribution < 1.29 is 14.6 Å². The second-order valence-corrected chi connectivity index (χ2v) is 5.28. The summed E-state index contributed by atoms with van der Waals surface area (Å²) in [6, 6.07) is 0. The van der Waals surface area contributed by atoms with E-state index in [0.29, 0.717) is 26.4 Å². The number of rotatable bonds is 8. The van der Waals surface area contributed by atoms with Gasteiger partial charge in [0.2, 0.25) is 0 Å². The molecule has 98 valence electrons. The van der Waals surface area contributed by atoms with Crippen molar-refractivity contribution in [2.24, 2.45) is 0 Å². The van der Waals surface area contributed by atoms with Crippen molar-refractivity contribution in [2.45, 2.75) is 52.4 Å². The van der Waals surface area contributed by atoms with Crippen molar-refractivity contribution >= 4 is 0 Å². The fourth-order valence-corrected chi connectivity index (χ4v) is 1.05. The van der Waals surface area contributed by atoms with Gasteiger partial charge in [0.1, 0.15) is 0 Å². The summed E-state index contributed by atoms with van der Waals surface area (Å²) in [5.41, 5.74) is 0.0295. The zero-order valence-electron chi connectivity index (χ0n) is 11.2. The van der Waals surface area contributed by atoms with E-state index in [1.165, 1.54) is 0 Å². The molecule has 0 aromatic heterocycles. The van der Waals surface area contributed by atoms with Gasteiger partial charge in [0.25, 0.3) is 0 Å². The molecule has 2 N–H and O–H groups in total. The Morgan fingerprint density at radius 1 is 1.19 bits per heavy atom. The lowest BCUT2D eigenvalue weighted by atomic mass is 10.1. The lowest BCUT2D eigenvalue weighted by Crippen LogP contribution is -2.42. The van der Waals surface area contributed by atoms with E-state index in [-0.39, 0.29) is 11.6 Å². The van der Waals surface area contributed by atoms with Gasteiger partial charge in [0.15, 0.2) is 0 Å². The molecule has 0 rings (SSSR count). The van der Waals surface area contributed by atoms with E-state index < -0.39 is 6.10 Å². The zero-order chi connectivity index (χ0) is 12.6. The quantitative estimate of drug-likeness (QED) is 0.618. The molecule has 4 nitrogen and oxygen atoms in total. The van der Waals surface area contributed by atoms with Gasteiger partial charge in [-0.2, -0.15) is 0 Å². The first-order valence-corrected chi connectivity index (χ1v) is 5.93. The molecule has 4 heteroatoms. The summed E-state index contributed by atoms with van der Waals surface area (Å²) in [6.45, 7) is 12.2. The van der Waals surface area contributed by atoms with Crippen molar-refractivity contribution in [2.75, 3.05) is 26.4 Å². The summed E-state index contributed by atoms with van der Waals surface area (Å²) in [4.78, 5) is 0. The number of nitrogens with one attached hydrogen (secondary N) is 1. The van der Waals surface area contributed by atoms with E-state index in [0.717, 1.165) is 0 Å². The molecule has 0 spiro atoms. The monoisotopic (exact) mass is 233 g/mol. The molecule has 0 radical (unpaired) electrons. The highest BCUT2D eigenvalue weighted by atomic mass is 16.5. The van der Waals surface area contributed by atoms with Gasteiger partial charge in [-0.3, -0.25) is 0 Å². The van der Waals surface area contributed by atoms with Gasteiger partial charge >= 0.3 is 0 Å². The maximum absolute atomic E-state index is 9.59. The largest absolute Gasteiger partial charge is 0.389 e. The van der Waals surface area contributed by atoms with E-state index in [4.69, 9.17) is 9.47 Å². The average molecular weight is 233 g/mol. The van der Waals surface area contributed by atoms with Gasteiger partial charge in [0.05, 0.1) is 32.0 Å². The highest BCUT2D eigenvalue weighted by molar-refractivity contribution is 4.72. The first-order chi connectivity index (χ1) is 7.31. The summed E-state index contributed by atoms with van der Waals surface area (Å²) in [6.07, 6.45) is -0.227. The van der Waals surface area contributed by atoms with Crippen LogP contribution in [0.25, 0.3) is 0 Å². The maximum Gasteiger partial charge on any atom is 0.0897 e. The van der Waals surface area contributed by atoms with Gasteiger partial charge in [-0.15, -0.1) is 0 Å². The van der Waals surface area contributed by atoms with Gasteiger partial charge in [-0.1, -0.05) is 0 Å². The normalized spacial score (nSPS) is 14.4. The van der Waals surface area contributed by atoms with Crippen LogP contribution >= 0.6 is 0 Å². The molecule has 0 aliphatic carbocycles. The van der Waals surface area contributed by atoms with Crippen molar-refractivity contribution in [3.63, 3.8) is 0 Å². The Labute approximate surface area is 99.3 Å². The second kappa shape index (κ2) is 8.01. The molecule has 0 heterocycles. The fourth-order valence-electron chi connectivity index (χ4n) is 1.05. The van der Waals surface area contributed by atoms with E-state index in [1.807, 2.05) is 13.8 Å². The van der Waals surface area contributed by atoms with Crippen LogP contribution in [0.3, 0.4) is 0 Å². The molecule has 0 aromatic carbocycles. The topological polar surface area (TPSA) is 50.7 Å². The molecule has 0 bridgehead atoms. The minimum atomic E-state index is -0.460. The number of hydrogen-bond donors (Lipinski definition) is 2. The van der Waals surface area contributed by atoms with Crippen molar-refractivity contribution in [3.8, 4) is 0 Å². The van der Waals surface area contributed by atoms with Crippen molar-refractivity contribution in [1.29, 1.82) is 0 Å². The Balaban J connectivity index is 3.34. The van der Waals surface area contributed by atoms with Crippen LogP contribution in [0.5, 0.6) is 0 Å². The highest BCUT2D eigenvalue weighted by Gasteiger charge is 2.11.